The van der Waals surface area contributed by atoms with E-state index in [1.54, 1.807) is 6.20 Å². The first kappa shape index (κ1) is 14.3. The van der Waals surface area contributed by atoms with Crippen LogP contribution in [0.4, 0.5) is 5.82 Å². The fourth-order valence-corrected chi connectivity index (χ4v) is 1.82. The number of ether oxygens (including phenoxy) is 1. The van der Waals surface area contributed by atoms with E-state index in [9.17, 15) is 4.79 Å². The van der Waals surface area contributed by atoms with Gasteiger partial charge >= 0.3 is 5.97 Å². The van der Waals surface area contributed by atoms with E-state index in [-0.39, 0.29) is 11.7 Å². The largest absolute Gasteiger partial charge is 0.464 e. The van der Waals surface area contributed by atoms with Gasteiger partial charge < -0.3 is 10.1 Å². The zero-order valence-electron chi connectivity index (χ0n) is 11.1. The number of aromatic nitrogens is 2. The molecule has 20 heavy (non-hydrogen) atoms. The van der Waals surface area contributed by atoms with Crippen LogP contribution in [0.15, 0.2) is 36.7 Å². The van der Waals surface area contributed by atoms with Gasteiger partial charge in [-0.25, -0.2) is 9.78 Å². The molecule has 1 atom stereocenters. The Morgan fingerprint density at radius 1 is 1.30 bits per heavy atom. The third kappa shape index (κ3) is 3.45. The van der Waals surface area contributed by atoms with Crippen molar-refractivity contribution in [2.75, 3.05) is 12.4 Å². The second-order valence-corrected chi connectivity index (χ2v) is 4.64. The Morgan fingerprint density at radius 3 is 2.65 bits per heavy atom. The summed E-state index contributed by atoms with van der Waals surface area (Å²) in [6.45, 7) is 1.98. The maximum Gasteiger partial charge on any atom is 0.358 e. The lowest BCUT2D eigenvalue weighted by Crippen LogP contribution is -2.11. The fourth-order valence-electron chi connectivity index (χ4n) is 1.70. The highest BCUT2D eigenvalue weighted by molar-refractivity contribution is 6.30. The second kappa shape index (κ2) is 6.34. The molecule has 1 N–H and O–H groups in total. The zero-order chi connectivity index (χ0) is 14.5. The first-order valence-corrected chi connectivity index (χ1v) is 6.40. The van der Waals surface area contributed by atoms with E-state index in [1.807, 2.05) is 31.2 Å². The van der Waals surface area contributed by atoms with Crippen LogP contribution in [0.3, 0.4) is 0 Å². The number of halogens is 1. The van der Waals surface area contributed by atoms with Crippen LogP contribution in [-0.4, -0.2) is 23.0 Å². The zero-order valence-corrected chi connectivity index (χ0v) is 11.9. The summed E-state index contributed by atoms with van der Waals surface area (Å²) >= 11 is 5.85. The van der Waals surface area contributed by atoms with E-state index in [1.165, 1.54) is 13.3 Å². The molecular formula is C14H14ClN3O2. The molecule has 1 unspecified atom stereocenters. The Kier molecular flexibility index (Phi) is 4.53. The second-order valence-electron chi connectivity index (χ2n) is 4.20. The average molecular weight is 292 g/mol. The molecule has 0 bridgehead atoms. The predicted octanol–water partition coefficient (Wildman–Crippen LogP) is 3.09. The Morgan fingerprint density at radius 2 is 2.00 bits per heavy atom. The Hall–Kier alpha value is -2.14. The quantitative estimate of drug-likeness (QED) is 0.877. The Balaban J connectivity index is 2.13. The molecule has 2 rings (SSSR count). The molecular weight excluding hydrogens is 278 g/mol. The topological polar surface area (TPSA) is 64.1 Å². The first-order chi connectivity index (χ1) is 9.60. The number of methoxy groups -OCH3 is 1. The highest BCUT2D eigenvalue weighted by atomic mass is 35.5. The summed E-state index contributed by atoms with van der Waals surface area (Å²) in [5.74, 6) is -0.00403. The van der Waals surface area contributed by atoms with Crippen LogP contribution in [-0.2, 0) is 4.74 Å². The van der Waals surface area contributed by atoms with Crippen LogP contribution in [0, 0.1) is 0 Å². The summed E-state index contributed by atoms with van der Waals surface area (Å²) in [5, 5.41) is 3.86. The van der Waals surface area contributed by atoms with E-state index >= 15 is 0 Å². The number of rotatable bonds is 4. The predicted molar refractivity (Wildman–Crippen MR) is 76.9 cm³/mol. The van der Waals surface area contributed by atoms with Crippen molar-refractivity contribution in [3.05, 3.63) is 52.9 Å². The fraction of sp³-hybridized carbons (Fsp3) is 0.214. The summed E-state index contributed by atoms with van der Waals surface area (Å²) < 4.78 is 4.61. The van der Waals surface area contributed by atoms with Gasteiger partial charge in [0.2, 0.25) is 0 Å². The molecule has 0 aliphatic carbocycles. The number of anilines is 1. The van der Waals surface area contributed by atoms with Gasteiger partial charge in [-0.15, -0.1) is 0 Å². The number of hydrogen-bond donors (Lipinski definition) is 1. The van der Waals surface area contributed by atoms with Crippen molar-refractivity contribution in [1.29, 1.82) is 0 Å². The van der Waals surface area contributed by atoms with Gasteiger partial charge in [-0.2, -0.15) is 0 Å². The lowest BCUT2D eigenvalue weighted by atomic mass is 10.1. The van der Waals surface area contributed by atoms with Gasteiger partial charge in [0, 0.05) is 11.1 Å². The molecule has 1 aromatic carbocycles. The van der Waals surface area contributed by atoms with E-state index in [0.717, 1.165) is 5.56 Å². The maximum atomic E-state index is 11.4. The number of carbonyl (C=O) groups excluding carboxylic acids is 1. The number of nitrogens with zero attached hydrogens (tertiary/aromatic N) is 2. The molecule has 0 aliphatic heterocycles. The number of nitrogens with one attached hydrogen (secondary N) is 1. The van der Waals surface area contributed by atoms with Crippen molar-refractivity contribution < 1.29 is 9.53 Å². The van der Waals surface area contributed by atoms with Crippen LogP contribution in [0.1, 0.15) is 29.0 Å². The summed E-state index contributed by atoms with van der Waals surface area (Å²) in [6.07, 6.45) is 2.92. The van der Waals surface area contributed by atoms with Gasteiger partial charge in [-0.3, -0.25) is 4.98 Å². The number of carbonyl (C=O) groups is 1. The molecule has 0 radical (unpaired) electrons. The van der Waals surface area contributed by atoms with Crippen LogP contribution in [0.25, 0.3) is 0 Å². The third-order valence-corrected chi connectivity index (χ3v) is 3.02. The molecule has 0 amide bonds. The lowest BCUT2D eigenvalue weighted by molar-refractivity contribution is 0.0593. The standard InChI is InChI=1S/C14H14ClN3O2/c1-9(10-3-5-11(15)6-4-10)17-13-8-16-7-12(18-13)14(19)20-2/h3-9H,1-2H3,(H,17,18). The number of esters is 1. The number of benzene rings is 1. The summed E-state index contributed by atoms with van der Waals surface area (Å²) in [7, 11) is 1.31. The minimum absolute atomic E-state index is 0.00876. The van der Waals surface area contributed by atoms with E-state index < -0.39 is 5.97 Å². The third-order valence-electron chi connectivity index (χ3n) is 2.76. The average Bonchev–Trinajstić information content (AvgIpc) is 2.47. The van der Waals surface area contributed by atoms with Gasteiger partial charge in [0.25, 0.3) is 0 Å². The van der Waals surface area contributed by atoms with Crippen molar-refractivity contribution >= 4 is 23.4 Å². The Bertz CT molecular complexity index is 602. The van der Waals surface area contributed by atoms with Crippen LogP contribution < -0.4 is 5.32 Å². The SMILES string of the molecule is COC(=O)c1cncc(NC(C)c2ccc(Cl)cc2)n1. The Labute approximate surface area is 122 Å². The molecule has 1 heterocycles. The van der Waals surface area contributed by atoms with Crippen LogP contribution in [0.5, 0.6) is 0 Å². The molecule has 0 saturated heterocycles. The van der Waals surface area contributed by atoms with Gasteiger partial charge in [0.1, 0.15) is 5.82 Å². The minimum atomic E-state index is -0.514. The summed E-state index contributed by atoms with van der Waals surface area (Å²) in [4.78, 5) is 19.5. The molecule has 5 nitrogen and oxygen atoms in total. The molecule has 2 aromatic rings. The molecule has 104 valence electrons. The van der Waals surface area contributed by atoms with Crippen molar-refractivity contribution in [1.82, 2.24) is 9.97 Å². The molecule has 0 fully saturated rings. The van der Waals surface area contributed by atoms with Crippen molar-refractivity contribution in [3.63, 3.8) is 0 Å². The summed E-state index contributed by atoms with van der Waals surface area (Å²) in [6, 6.07) is 7.52. The maximum absolute atomic E-state index is 11.4. The molecule has 1 aromatic heterocycles. The molecule has 6 heteroatoms. The molecule has 0 saturated carbocycles. The van der Waals surface area contributed by atoms with E-state index in [4.69, 9.17) is 11.6 Å². The molecule has 0 spiro atoms. The van der Waals surface area contributed by atoms with E-state index in [0.29, 0.717) is 10.8 Å². The van der Waals surface area contributed by atoms with Gasteiger partial charge in [0.05, 0.1) is 19.5 Å². The van der Waals surface area contributed by atoms with E-state index in [2.05, 4.69) is 20.0 Å². The van der Waals surface area contributed by atoms with Gasteiger partial charge in [-0.05, 0) is 24.6 Å². The van der Waals surface area contributed by atoms with Gasteiger partial charge in [-0.1, -0.05) is 23.7 Å². The van der Waals surface area contributed by atoms with Crippen LogP contribution in [0.2, 0.25) is 5.02 Å². The van der Waals surface area contributed by atoms with Crippen molar-refractivity contribution in [2.24, 2.45) is 0 Å². The summed E-state index contributed by atoms with van der Waals surface area (Å²) in [5.41, 5.74) is 1.22. The number of hydrogen-bond acceptors (Lipinski definition) is 5. The lowest BCUT2D eigenvalue weighted by Gasteiger charge is -2.15. The molecule has 0 aliphatic rings. The normalized spacial score (nSPS) is 11.8. The van der Waals surface area contributed by atoms with Crippen molar-refractivity contribution in [3.8, 4) is 0 Å². The van der Waals surface area contributed by atoms with Crippen molar-refractivity contribution in [2.45, 2.75) is 13.0 Å². The first-order valence-electron chi connectivity index (χ1n) is 6.02. The monoisotopic (exact) mass is 291 g/mol. The van der Waals surface area contributed by atoms with Gasteiger partial charge in [0.15, 0.2) is 5.69 Å². The highest BCUT2D eigenvalue weighted by Gasteiger charge is 2.11. The smallest absolute Gasteiger partial charge is 0.358 e. The minimum Gasteiger partial charge on any atom is -0.464 e. The highest BCUT2D eigenvalue weighted by Crippen LogP contribution is 2.19. The van der Waals surface area contributed by atoms with Crippen LogP contribution >= 0.6 is 11.6 Å².